The van der Waals surface area contributed by atoms with Crippen LogP contribution in [-0.4, -0.2) is 0 Å². The molecular formula is C55H40N2. The Balaban J connectivity index is 1.00. The fourth-order valence-corrected chi connectivity index (χ4v) is 8.19. The molecule has 9 aromatic rings. The van der Waals surface area contributed by atoms with Crippen molar-refractivity contribution >= 4 is 34.1 Å². The zero-order valence-electron chi connectivity index (χ0n) is 31.5. The Kier molecular flexibility index (Phi) is 8.98. The van der Waals surface area contributed by atoms with Crippen LogP contribution in [0.25, 0.3) is 44.5 Å². The third kappa shape index (κ3) is 6.79. The van der Waals surface area contributed by atoms with Crippen LogP contribution < -0.4 is 9.80 Å². The zero-order valence-corrected chi connectivity index (χ0v) is 31.5. The Bertz CT molecular complexity index is 2680. The van der Waals surface area contributed by atoms with Crippen LogP contribution in [0.4, 0.5) is 34.1 Å². The standard InChI is InChI=1S/C55H40N2/c1-5-13-40(14-6-1)43-21-29-51(30-22-43)56(52-31-23-44(24-32-52)41-15-7-2-8-16-41)53-33-25-45(26-34-53)47-28-36-55-49(38-47)39-48-37-46(42-17-9-3-10-18-42)27-35-54(48)57(55)50-19-11-4-12-20-50/h1-38H,39H2. The van der Waals surface area contributed by atoms with Gasteiger partial charge in [0.25, 0.3) is 0 Å². The van der Waals surface area contributed by atoms with Gasteiger partial charge in [0.05, 0.1) is 0 Å². The van der Waals surface area contributed by atoms with Gasteiger partial charge in [-0.25, -0.2) is 0 Å². The first-order valence-electron chi connectivity index (χ1n) is 19.6. The van der Waals surface area contributed by atoms with E-state index in [1.807, 2.05) is 0 Å². The summed E-state index contributed by atoms with van der Waals surface area (Å²) in [6.45, 7) is 0. The molecule has 2 heteroatoms. The predicted octanol–water partition coefficient (Wildman–Crippen LogP) is 15.2. The number of rotatable bonds is 8. The Hall–Kier alpha value is -7.42. The molecule has 0 aromatic heterocycles. The fraction of sp³-hybridized carbons (Fsp3) is 0.0182. The van der Waals surface area contributed by atoms with Gasteiger partial charge in [0.2, 0.25) is 0 Å². The monoisotopic (exact) mass is 728 g/mol. The average Bonchev–Trinajstić information content (AvgIpc) is 3.30. The average molecular weight is 729 g/mol. The fourth-order valence-electron chi connectivity index (χ4n) is 8.19. The van der Waals surface area contributed by atoms with Crippen LogP contribution in [0.2, 0.25) is 0 Å². The summed E-state index contributed by atoms with van der Waals surface area (Å²) in [5, 5.41) is 0. The third-order valence-electron chi connectivity index (χ3n) is 11.1. The van der Waals surface area contributed by atoms with Crippen LogP contribution in [-0.2, 0) is 6.42 Å². The Morgan fingerprint density at radius 1 is 0.281 bits per heavy atom. The quantitative estimate of drug-likeness (QED) is 0.154. The van der Waals surface area contributed by atoms with Crippen LogP contribution in [0.5, 0.6) is 0 Å². The lowest BCUT2D eigenvalue weighted by molar-refractivity contribution is 1.09. The van der Waals surface area contributed by atoms with Gasteiger partial charge in [-0.2, -0.15) is 0 Å². The maximum Gasteiger partial charge on any atom is 0.0497 e. The van der Waals surface area contributed by atoms with E-state index in [9.17, 15) is 0 Å². The molecule has 1 heterocycles. The van der Waals surface area contributed by atoms with Crippen molar-refractivity contribution in [2.75, 3.05) is 9.80 Å². The Labute approximate surface area is 335 Å². The van der Waals surface area contributed by atoms with Crippen LogP contribution in [0.1, 0.15) is 11.1 Å². The molecule has 0 saturated carbocycles. The summed E-state index contributed by atoms with van der Waals surface area (Å²) in [7, 11) is 0. The van der Waals surface area contributed by atoms with E-state index in [-0.39, 0.29) is 0 Å². The van der Waals surface area contributed by atoms with E-state index < -0.39 is 0 Å². The van der Waals surface area contributed by atoms with E-state index in [1.165, 1.54) is 67.0 Å². The lowest BCUT2D eigenvalue weighted by atomic mass is 9.90. The van der Waals surface area contributed by atoms with Crippen molar-refractivity contribution in [3.8, 4) is 44.5 Å². The van der Waals surface area contributed by atoms with Crippen LogP contribution in [0.3, 0.4) is 0 Å². The number of hydrogen-bond donors (Lipinski definition) is 0. The van der Waals surface area contributed by atoms with E-state index in [2.05, 4.69) is 240 Å². The number of benzene rings is 9. The zero-order chi connectivity index (χ0) is 38.0. The molecule has 0 N–H and O–H groups in total. The molecular weight excluding hydrogens is 689 g/mol. The van der Waals surface area contributed by atoms with Gasteiger partial charge in [-0.3, -0.25) is 0 Å². The molecule has 0 amide bonds. The molecule has 57 heavy (non-hydrogen) atoms. The topological polar surface area (TPSA) is 6.48 Å². The van der Waals surface area contributed by atoms with Gasteiger partial charge >= 0.3 is 0 Å². The molecule has 0 radical (unpaired) electrons. The smallest absolute Gasteiger partial charge is 0.0497 e. The lowest BCUT2D eigenvalue weighted by Crippen LogP contribution is -2.18. The largest absolute Gasteiger partial charge is 0.311 e. The summed E-state index contributed by atoms with van der Waals surface area (Å²) >= 11 is 0. The lowest BCUT2D eigenvalue weighted by Gasteiger charge is -2.34. The van der Waals surface area contributed by atoms with Crippen LogP contribution in [0.15, 0.2) is 231 Å². The second kappa shape index (κ2) is 15.0. The minimum atomic E-state index is 0.867. The molecule has 270 valence electrons. The summed E-state index contributed by atoms with van der Waals surface area (Å²) in [6, 6.07) is 83.2. The van der Waals surface area contributed by atoms with E-state index in [4.69, 9.17) is 0 Å². The first kappa shape index (κ1) is 34.1. The highest BCUT2D eigenvalue weighted by molar-refractivity contribution is 5.87. The molecule has 0 aliphatic carbocycles. The van der Waals surface area contributed by atoms with Crippen molar-refractivity contribution in [3.05, 3.63) is 242 Å². The van der Waals surface area contributed by atoms with Crippen LogP contribution in [0, 0.1) is 0 Å². The van der Waals surface area contributed by atoms with Crippen molar-refractivity contribution in [1.82, 2.24) is 0 Å². The minimum absolute atomic E-state index is 0.867. The van der Waals surface area contributed by atoms with Gasteiger partial charge in [0.1, 0.15) is 0 Å². The molecule has 0 saturated heterocycles. The second-order valence-corrected chi connectivity index (χ2v) is 14.6. The number of anilines is 6. The maximum absolute atomic E-state index is 2.42. The molecule has 0 bridgehead atoms. The van der Waals surface area contributed by atoms with Crippen molar-refractivity contribution in [1.29, 1.82) is 0 Å². The number of hydrogen-bond acceptors (Lipinski definition) is 2. The van der Waals surface area contributed by atoms with Crippen LogP contribution >= 0.6 is 0 Å². The minimum Gasteiger partial charge on any atom is -0.311 e. The number of fused-ring (bicyclic) bond motifs is 2. The van der Waals surface area contributed by atoms with E-state index in [0.717, 1.165) is 29.2 Å². The number of para-hydroxylation sites is 1. The Morgan fingerprint density at radius 3 is 0.965 bits per heavy atom. The summed E-state index contributed by atoms with van der Waals surface area (Å²) in [6.07, 6.45) is 0.867. The Morgan fingerprint density at radius 2 is 0.579 bits per heavy atom. The van der Waals surface area contributed by atoms with Crippen molar-refractivity contribution in [3.63, 3.8) is 0 Å². The normalized spacial score (nSPS) is 11.8. The van der Waals surface area contributed by atoms with Gasteiger partial charge in [-0.15, -0.1) is 0 Å². The van der Waals surface area contributed by atoms with Crippen molar-refractivity contribution in [2.45, 2.75) is 6.42 Å². The second-order valence-electron chi connectivity index (χ2n) is 14.6. The van der Waals surface area contributed by atoms with E-state index >= 15 is 0 Å². The van der Waals surface area contributed by atoms with Gasteiger partial charge in [-0.1, -0.05) is 158 Å². The van der Waals surface area contributed by atoms with Crippen molar-refractivity contribution in [2.24, 2.45) is 0 Å². The molecule has 2 nitrogen and oxygen atoms in total. The molecule has 9 aromatic carbocycles. The molecule has 10 rings (SSSR count). The number of nitrogens with zero attached hydrogens (tertiary/aromatic N) is 2. The van der Waals surface area contributed by atoms with Gasteiger partial charge in [0, 0.05) is 40.5 Å². The SMILES string of the molecule is c1ccc(-c2ccc(N(c3ccc(-c4ccccc4)cc3)c3ccc(-c4ccc5c(c4)Cc4cc(-c6ccccc6)ccc4N5c4ccccc4)cc3)cc2)cc1. The summed E-state index contributed by atoms with van der Waals surface area (Å²) in [5.74, 6) is 0. The van der Waals surface area contributed by atoms with E-state index in [0.29, 0.717) is 0 Å². The first-order chi connectivity index (χ1) is 28.2. The summed E-state index contributed by atoms with van der Waals surface area (Å²) in [4.78, 5) is 4.76. The van der Waals surface area contributed by atoms with Crippen molar-refractivity contribution < 1.29 is 0 Å². The van der Waals surface area contributed by atoms with Gasteiger partial charge < -0.3 is 9.80 Å². The van der Waals surface area contributed by atoms with Gasteiger partial charge in [-0.05, 0) is 128 Å². The third-order valence-corrected chi connectivity index (χ3v) is 11.1. The molecule has 1 aliphatic heterocycles. The highest BCUT2D eigenvalue weighted by atomic mass is 15.2. The van der Waals surface area contributed by atoms with E-state index in [1.54, 1.807) is 0 Å². The first-order valence-corrected chi connectivity index (χ1v) is 19.6. The highest BCUT2D eigenvalue weighted by Crippen LogP contribution is 2.46. The molecule has 0 unspecified atom stereocenters. The summed E-state index contributed by atoms with van der Waals surface area (Å²) in [5.41, 5.74) is 19.3. The molecule has 1 aliphatic rings. The highest BCUT2D eigenvalue weighted by Gasteiger charge is 2.25. The predicted molar refractivity (Wildman–Crippen MR) is 240 cm³/mol. The molecule has 0 spiro atoms. The van der Waals surface area contributed by atoms with Gasteiger partial charge in [0.15, 0.2) is 0 Å². The maximum atomic E-state index is 2.42. The summed E-state index contributed by atoms with van der Waals surface area (Å²) < 4.78 is 0. The molecule has 0 fully saturated rings. The molecule has 0 atom stereocenters.